The number of imide groups is 2. The molecule has 0 radical (unpaired) electrons. The molecule has 3 rings (SSSR count). The molecule has 9 nitrogen and oxygen atoms in total. The first-order valence-corrected chi connectivity index (χ1v) is 6.37. The van der Waals surface area contributed by atoms with Crippen molar-refractivity contribution >= 4 is 24.1 Å². The Balaban J connectivity index is 1.49. The molecule has 20 heavy (non-hydrogen) atoms. The Labute approximate surface area is 114 Å². The minimum Gasteiger partial charge on any atom is -0.439 e. The summed E-state index contributed by atoms with van der Waals surface area (Å²) in [6.07, 6.45) is -0.626. The minimum atomic E-state index is -0.626. The third kappa shape index (κ3) is 2.04. The number of likely N-dealkylation sites (tertiary alicyclic amines) is 1. The zero-order valence-corrected chi connectivity index (χ0v) is 10.7. The van der Waals surface area contributed by atoms with Crippen molar-refractivity contribution in [1.29, 1.82) is 0 Å². The number of nitrogens with zero attached hydrogens (tertiary/aromatic N) is 3. The summed E-state index contributed by atoms with van der Waals surface area (Å²) in [5.41, 5.74) is 0. The predicted octanol–water partition coefficient (Wildman–Crippen LogP) is -0.958. The van der Waals surface area contributed by atoms with Crippen molar-refractivity contribution in [3.63, 3.8) is 0 Å². The van der Waals surface area contributed by atoms with Gasteiger partial charge in [0.05, 0.1) is 0 Å². The SMILES string of the molecule is O=C1COC(=O)N1CC1CN(C(=O)N2CCNC2=O)C1. The van der Waals surface area contributed by atoms with Gasteiger partial charge in [-0.2, -0.15) is 0 Å². The topological polar surface area (TPSA) is 99.3 Å². The van der Waals surface area contributed by atoms with Crippen molar-refractivity contribution in [3.05, 3.63) is 0 Å². The summed E-state index contributed by atoms with van der Waals surface area (Å²) < 4.78 is 4.61. The molecule has 0 bridgehead atoms. The summed E-state index contributed by atoms with van der Waals surface area (Å²) in [5, 5.41) is 2.56. The maximum atomic E-state index is 12.0. The second-order valence-electron chi connectivity index (χ2n) is 5.00. The smallest absolute Gasteiger partial charge is 0.417 e. The number of amides is 6. The molecule has 3 fully saturated rings. The van der Waals surface area contributed by atoms with Crippen molar-refractivity contribution in [2.45, 2.75) is 0 Å². The van der Waals surface area contributed by atoms with E-state index in [4.69, 9.17) is 0 Å². The third-order valence-corrected chi connectivity index (χ3v) is 3.60. The van der Waals surface area contributed by atoms with Crippen LogP contribution >= 0.6 is 0 Å². The van der Waals surface area contributed by atoms with Crippen LogP contribution in [0.5, 0.6) is 0 Å². The fourth-order valence-corrected chi connectivity index (χ4v) is 2.48. The lowest BCUT2D eigenvalue weighted by Gasteiger charge is -2.41. The molecule has 0 aromatic heterocycles. The lowest BCUT2D eigenvalue weighted by atomic mass is 10.00. The van der Waals surface area contributed by atoms with E-state index in [1.807, 2.05) is 0 Å². The Bertz CT molecular complexity index is 471. The highest BCUT2D eigenvalue weighted by atomic mass is 16.6. The highest BCUT2D eigenvalue weighted by molar-refractivity contribution is 5.98. The maximum absolute atomic E-state index is 12.0. The normalized spacial score (nSPS) is 23.0. The largest absolute Gasteiger partial charge is 0.439 e. The number of hydrogen-bond donors (Lipinski definition) is 1. The molecule has 0 atom stereocenters. The fourth-order valence-electron chi connectivity index (χ4n) is 2.48. The monoisotopic (exact) mass is 282 g/mol. The van der Waals surface area contributed by atoms with E-state index in [2.05, 4.69) is 10.1 Å². The Morgan fingerprint density at radius 1 is 1.30 bits per heavy atom. The zero-order chi connectivity index (χ0) is 14.3. The molecular weight excluding hydrogens is 268 g/mol. The average molecular weight is 282 g/mol. The van der Waals surface area contributed by atoms with E-state index in [9.17, 15) is 19.2 Å². The number of carbonyl (C=O) groups is 4. The zero-order valence-electron chi connectivity index (χ0n) is 10.7. The maximum Gasteiger partial charge on any atom is 0.417 e. The van der Waals surface area contributed by atoms with Gasteiger partial charge in [-0.1, -0.05) is 0 Å². The lowest BCUT2D eigenvalue weighted by Crippen LogP contribution is -2.58. The van der Waals surface area contributed by atoms with Crippen LogP contribution in [0.15, 0.2) is 0 Å². The molecule has 0 saturated carbocycles. The molecular formula is C11H14N4O5. The number of carbonyl (C=O) groups excluding carboxylic acids is 4. The van der Waals surface area contributed by atoms with Gasteiger partial charge in [-0.05, 0) is 0 Å². The Morgan fingerprint density at radius 3 is 2.60 bits per heavy atom. The van der Waals surface area contributed by atoms with Crippen molar-refractivity contribution in [2.75, 3.05) is 39.3 Å². The molecule has 3 saturated heterocycles. The summed E-state index contributed by atoms with van der Waals surface area (Å²) in [4.78, 5) is 49.7. The molecule has 3 aliphatic heterocycles. The van der Waals surface area contributed by atoms with Gasteiger partial charge in [0.1, 0.15) is 0 Å². The van der Waals surface area contributed by atoms with Crippen LogP contribution in [-0.4, -0.2) is 78.1 Å². The number of ether oxygens (including phenoxy) is 1. The fraction of sp³-hybridized carbons (Fsp3) is 0.636. The quantitative estimate of drug-likeness (QED) is 0.703. The minimum absolute atomic E-state index is 0.0409. The van der Waals surface area contributed by atoms with Gasteiger partial charge in [0.25, 0.3) is 5.91 Å². The molecule has 0 spiro atoms. The summed E-state index contributed by atoms with van der Waals surface area (Å²) in [6, 6.07) is -0.705. The van der Waals surface area contributed by atoms with Crippen LogP contribution in [0.25, 0.3) is 0 Å². The summed E-state index contributed by atoms with van der Waals surface area (Å²) in [5.74, 6) is -0.307. The Morgan fingerprint density at radius 2 is 2.05 bits per heavy atom. The number of urea groups is 2. The van der Waals surface area contributed by atoms with E-state index < -0.39 is 6.09 Å². The first kappa shape index (κ1) is 12.7. The van der Waals surface area contributed by atoms with E-state index in [0.717, 1.165) is 9.80 Å². The molecule has 0 aromatic rings. The summed E-state index contributed by atoms with van der Waals surface area (Å²) >= 11 is 0. The molecule has 9 heteroatoms. The van der Waals surface area contributed by atoms with E-state index >= 15 is 0 Å². The molecule has 0 unspecified atom stereocenters. The van der Waals surface area contributed by atoms with E-state index in [1.54, 1.807) is 0 Å². The average Bonchev–Trinajstić information content (AvgIpc) is 2.91. The van der Waals surface area contributed by atoms with Crippen LogP contribution in [-0.2, 0) is 9.53 Å². The van der Waals surface area contributed by atoms with Crippen LogP contribution < -0.4 is 5.32 Å². The van der Waals surface area contributed by atoms with E-state index in [-0.39, 0.29) is 37.0 Å². The first-order chi connectivity index (χ1) is 9.56. The van der Waals surface area contributed by atoms with E-state index in [1.165, 1.54) is 4.90 Å². The van der Waals surface area contributed by atoms with Gasteiger partial charge < -0.3 is 15.0 Å². The standard InChI is InChI=1S/C11H14N4O5/c16-8-6-20-11(19)15(8)5-7-3-13(4-7)10(18)14-2-1-12-9(14)17/h7H,1-6H2,(H,12,17). The van der Waals surface area contributed by atoms with Crippen LogP contribution in [0.4, 0.5) is 14.4 Å². The third-order valence-electron chi connectivity index (χ3n) is 3.60. The van der Waals surface area contributed by atoms with Crippen molar-refractivity contribution < 1.29 is 23.9 Å². The number of rotatable bonds is 2. The number of cyclic esters (lactones) is 1. The van der Waals surface area contributed by atoms with Gasteiger partial charge in [-0.15, -0.1) is 0 Å². The highest BCUT2D eigenvalue weighted by Crippen LogP contribution is 2.21. The van der Waals surface area contributed by atoms with Gasteiger partial charge in [0.2, 0.25) is 0 Å². The second-order valence-corrected chi connectivity index (χ2v) is 5.00. The van der Waals surface area contributed by atoms with Crippen LogP contribution in [0.1, 0.15) is 0 Å². The molecule has 0 aromatic carbocycles. The summed E-state index contributed by atoms with van der Waals surface area (Å²) in [6.45, 7) is 1.75. The predicted molar refractivity (Wildman–Crippen MR) is 63.6 cm³/mol. The summed E-state index contributed by atoms with van der Waals surface area (Å²) in [7, 11) is 0. The van der Waals surface area contributed by atoms with Gasteiger partial charge in [-0.25, -0.2) is 24.2 Å². The van der Waals surface area contributed by atoms with Crippen molar-refractivity contribution in [2.24, 2.45) is 5.92 Å². The molecule has 3 aliphatic rings. The molecule has 6 amide bonds. The number of hydrogen-bond acceptors (Lipinski definition) is 5. The van der Waals surface area contributed by atoms with Crippen LogP contribution in [0.3, 0.4) is 0 Å². The molecule has 0 aliphatic carbocycles. The van der Waals surface area contributed by atoms with Gasteiger partial charge >= 0.3 is 18.2 Å². The molecule has 108 valence electrons. The highest BCUT2D eigenvalue weighted by Gasteiger charge is 2.40. The molecule has 1 N–H and O–H groups in total. The second kappa shape index (κ2) is 4.66. The van der Waals surface area contributed by atoms with Crippen LogP contribution in [0.2, 0.25) is 0 Å². The Kier molecular flexibility index (Phi) is 2.96. The van der Waals surface area contributed by atoms with Gasteiger partial charge in [0, 0.05) is 38.6 Å². The van der Waals surface area contributed by atoms with Crippen molar-refractivity contribution in [3.8, 4) is 0 Å². The van der Waals surface area contributed by atoms with E-state index in [0.29, 0.717) is 26.2 Å². The van der Waals surface area contributed by atoms with Crippen LogP contribution in [0, 0.1) is 5.92 Å². The number of nitrogens with one attached hydrogen (secondary N) is 1. The first-order valence-electron chi connectivity index (χ1n) is 6.37. The lowest BCUT2D eigenvalue weighted by molar-refractivity contribution is -0.126. The molecule has 3 heterocycles. The van der Waals surface area contributed by atoms with Crippen molar-refractivity contribution in [1.82, 2.24) is 20.0 Å². The van der Waals surface area contributed by atoms with Gasteiger partial charge in [-0.3, -0.25) is 4.79 Å². The Hall–Kier alpha value is -2.32. The van der Waals surface area contributed by atoms with Gasteiger partial charge in [0.15, 0.2) is 6.61 Å².